The fraction of sp³-hybridized carbons (Fsp3) is 0.591. The molecular formula is C22H34N4O2S. The summed E-state index contributed by atoms with van der Waals surface area (Å²) in [7, 11) is -3.39. The number of aryl methyl sites for hydroxylation is 1. The zero-order valence-electron chi connectivity index (χ0n) is 17.7. The van der Waals surface area contributed by atoms with Gasteiger partial charge in [-0.15, -0.1) is 0 Å². The predicted octanol–water partition coefficient (Wildman–Crippen LogP) is 3.57. The lowest BCUT2D eigenvalue weighted by Gasteiger charge is -2.34. The molecule has 29 heavy (non-hydrogen) atoms. The lowest BCUT2D eigenvalue weighted by atomic mass is 9.99. The number of unbranched alkanes of at least 4 members (excludes halogenated alkanes) is 2. The van der Waals surface area contributed by atoms with Gasteiger partial charge in [-0.3, -0.25) is 4.68 Å². The molecule has 1 saturated heterocycles. The third-order valence-electron chi connectivity index (χ3n) is 5.95. The van der Waals surface area contributed by atoms with Crippen LogP contribution in [0.25, 0.3) is 0 Å². The second-order valence-electron chi connectivity index (χ2n) is 7.95. The molecule has 0 aliphatic carbocycles. The molecule has 160 valence electrons. The Balaban J connectivity index is 1.42. The molecule has 1 aliphatic heterocycles. The Hall–Kier alpha value is -1.70. The van der Waals surface area contributed by atoms with E-state index in [0.717, 1.165) is 45.4 Å². The van der Waals surface area contributed by atoms with Gasteiger partial charge in [0.25, 0.3) is 0 Å². The van der Waals surface area contributed by atoms with Crippen molar-refractivity contribution in [2.24, 2.45) is 0 Å². The summed E-state index contributed by atoms with van der Waals surface area (Å²) in [6.45, 7) is 9.08. The average Bonchev–Trinajstić information content (AvgIpc) is 3.27. The van der Waals surface area contributed by atoms with Crippen molar-refractivity contribution in [3.63, 3.8) is 0 Å². The summed E-state index contributed by atoms with van der Waals surface area (Å²) in [6, 6.07) is 9.40. The lowest BCUT2D eigenvalue weighted by molar-refractivity contribution is 0.185. The van der Waals surface area contributed by atoms with Gasteiger partial charge >= 0.3 is 0 Å². The minimum Gasteiger partial charge on any atom is -0.301 e. The molecule has 0 radical (unpaired) electrons. The van der Waals surface area contributed by atoms with Gasteiger partial charge < -0.3 is 4.90 Å². The molecule has 7 heteroatoms. The van der Waals surface area contributed by atoms with Crippen LogP contribution in [0.15, 0.2) is 47.6 Å². The number of rotatable bonds is 10. The highest BCUT2D eigenvalue weighted by Crippen LogP contribution is 2.23. The first-order valence-corrected chi connectivity index (χ1v) is 12.2. The van der Waals surface area contributed by atoms with Gasteiger partial charge in [-0.05, 0) is 55.5 Å². The Labute approximate surface area is 175 Å². The van der Waals surface area contributed by atoms with Gasteiger partial charge in [0.1, 0.15) is 0 Å². The van der Waals surface area contributed by atoms with Crippen molar-refractivity contribution in [1.29, 1.82) is 0 Å². The van der Waals surface area contributed by atoms with E-state index in [1.54, 1.807) is 16.4 Å². The van der Waals surface area contributed by atoms with E-state index in [2.05, 4.69) is 23.8 Å². The number of benzene rings is 1. The van der Waals surface area contributed by atoms with Crippen LogP contribution in [0, 0.1) is 0 Å². The van der Waals surface area contributed by atoms with Crippen LogP contribution in [0.3, 0.4) is 0 Å². The fourth-order valence-electron chi connectivity index (χ4n) is 3.77. The minimum absolute atomic E-state index is 0.414. The molecule has 0 amide bonds. The van der Waals surface area contributed by atoms with Crippen LogP contribution < -0.4 is 0 Å². The Bertz CT molecular complexity index is 826. The van der Waals surface area contributed by atoms with Gasteiger partial charge in [-0.25, -0.2) is 8.42 Å². The summed E-state index contributed by atoms with van der Waals surface area (Å²) >= 11 is 0. The Kier molecular flexibility index (Phi) is 7.86. The molecular weight excluding hydrogens is 384 g/mol. The van der Waals surface area contributed by atoms with E-state index in [4.69, 9.17) is 0 Å². The molecule has 6 nitrogen and oxygen atoms in total. The zero-order valence-corrected chi connectivity index (χ0v) is 18.5. The normalized spacial score (nSPS) is 17.4. The van der Waals surface area contributed by atoms with Gasteiger partial charge in [0.15, 0.2) is 0 Å². The van der Waals surface area contributed by atoms with Crippen LogP contribution in [0.4, 0.5) is 0 Å². The fourth-order valence-corrected chi connectivity index (χ4v) is 5.19. The van der Waals surface area contributed by atoms with E-state index in [1.807, 2.05) is 35.3 Å². The Morgan fingerprint density at radius 1 is 1.00 bits per heavy atom. The summed E-state index contributed by atoms with van der Waals surface area (Å²) in [4.78, 5) is 2.79. The summed E-state index contributed by atoms with van der Waals surface area (Å²) in [5, 5.41) is 4.22. The minimum atomic E-state index is -3.39. The van der Waals surface area contributed by atoms with Crippen LogP contribution in [0.1, 0.15) is 51.0 Å². The third kappa shape index (κ3) is 5.90. The molecule has 1 aromatic heterocycles. The van der Waals surface area contributed by atoms with E-state index in [1.165, 1.54) is 12.0 Å². The van der Waals surface area contributed by atoms with Crippen LogP contribution >= 0.6 is 0 Å². The van der Waals surface area contributed by atoms with E-state index in [9.17, 15) is 8.42 Å². The van der Waals surface area contributed by atoms with Crippen molar-refractivity contribution in [2.45, 2.75) is 56.9 Å². The molecule has 0 spiro atoms. The van der Waals surface area contributed by atoms with Gasteiger partial charge in [-0.1, -0.05) is 32.4 Å². The highest BCUT2D eigenvalue weighted by Gasteiger charge is 2.28. The van der Waals surface area contributed by atoms with Crippen LogP contribution in [0.5, 0.6) is 0 Å². The number of piperazine rings is 1. The standard InChI is InChI=1S/C22H34N4O2S/c1-3-20(2)21-8-10-22(11-9-21)29(27,28)26-18-16-24(17-19-26)13-5-4-6-14-25-15-7-12-23-25/h7-12,15,20H,3-6,13-14,16-19H2,1-2H3. The highest BCUT2D eigenvalue weighted by atomic mass is 32.2. The van der Waals surface area contributed by atoms with Crippen molar-refractivity contribution in [3.8, 4) is 0 Å². The van der Waals surface area contributed by atoms with Gasteiger partial charge in [0, 0.05) is 45.1 Å². The molecule has 2 heterocycles. The zero-order chi connectivity index (χ0) is 20.7. The molecule has 0 saturated carbocycles. The number of sulfonamides is 1. The largest absolute Gasteiger partial charge is 0.301 e. The van der Waals surface area contributed by atoms with Crippen LogP contribution in [0.2, 0.25) is 0 Å². The van der Waals surface area contributed by atoms with Crippen molar-refractivity contribution in [1.82, 2.24) is 19.0 Å². The molecule has 1 aliphatic rings. The molecule has 0 bridgehead atoms. The van der Waals surface area contributed by atoms with Gasteiger partial charge in [0.05, 0.1) is 4.90 Å². The van der Waals surface area contributed by atoms with Crippen molar-refractivity contribution < 1.29 is 8.42 Å². The maximum Gasteiger partial charge on any atom is 0.243 e. The summed E-state index contributed by atoms with van der Waals surface area (Å²) in [5.41, 5.74) is 1.20. The highest BCUT2D eigenvalue weighted by molar-refractivity contribution is 7.89. The summed E-state index contributed by atoms with van der Waals surface area (Å²) in [5.74, 6) is 0.454. The SMILES string of the molecule is CCC(C)c1ccc(S(=O)(=O)N2CCN(CCCCCn3cccn3)CC2)cc1. The Morgan fingerprint density at radius 3 is 2.31 bits per heavy atom. The maximum atomic E-state index is 13.0. The second kappa shape index (κ2) is 10.4. The monoisotopic (exact) mass is 418 g/mol. The predicted molar refractivity (Wildman–Crippen MR) is 116 cm³/mol. The van der Waals surface area contributed by atoms with Gasteiger partial charge in [-0.2, -0.15) is 9.40 Å². The number of hydrogen-bond donors (Lipinski definition) is 0. The first kappa shape index (κ1) is 22.0. The number of aromatic nitrogens is 2. The lowest BCUT2D eigenvalue weighted by Crippen LogP contribution is -2.48. The topological polar surface area (TPSA) is 58.4 Å². The average molecular weight is 419 g/mol. The van der Waals surface area contributed by atoms with E-state index >= 15 is 0 Å². The maximum absolute atomic E-state index is 13.0. The second-order valence-corrected chi connectivity index (χ2v) is 9.89. The van der Waals surface area contributed by atoms with Crippen LogP contribution in [-0.4, -0.2) is 60.1 Å². The molecule has 2 aromatic rings. The molecule has 1 unspecified atom stereocenters. The molecule has 0 N–H and O–H groups in total. The third-order valence-corrected chi connectivity index (χ3v) is 7.86. The van der Waals surface area contributed by atoms with E-state index < -0.39 is 10.0 Å². The molecule has 3 rings (SSSR count). The first-order chi connectivity index (χ1) is 14.0. The Morgan fingerprint density at radius 2 is 1.69 bits per heavy atom. The summed E-state index contributed by atoms with van der Waals surface area (Å²) < 4.78 is 29.5. The first-order valence-electron chi connectivity index (χ1n) is 10.8. The van der Waals surface area contributed by atoms with Crippen molar-refractivity contribution >= 4 is 10.0 Å². The van der Waals surface area contributed by atoms with Crippen LogP contribution in [-0.2, 0) is 16.6 Å². The van der Waals surface area contributed by atoms with E-state index in [0.29, 0.717) is 23.9 Å². The van der Waals surface area contributed by atoms with Crippen molar-refractivity contribution in [2.75, 3.05) is 32.7 Å². The number of hydrogen-bond acceptors (Lipinski definition) is 4. The summed E-state index contributed by atoms with van der Waals surface area (Å²) in [6.07, 6.45) is 8.30. The number of nitrogens with zero attached hydrogens (tertiary/aromatic N) is 4. The van der Waals surface area contributed by atoms with Gasteiger partial charge in [0.2, 0.25) is 10.0 Å². The molecule has 1 atom stereocenters. The molecule has 1 fully saturated rings. The smallest absolute Gasteiger partial charge is 0.243 e. The quantitative estimate of drug-likeness (QED) is 0.554. The molecule has 1 aromatic carbocycles. The van der Waals surface area contributed by atoms with Crippen molar-refractivity contribution in [3.05, 3.63) is 48.3 Å². The van der Waals surface area contributed by atoms with E-state index in [-0.39, 0.29) is 0 Å².